The van der Waals surface area contributed by atoms with E-state index in [4.69, 9.17) is 25.8 Å². The van der Waals surface area contributed by atoms with Crippen molar-refractivity contribution in [2.75, 3.05) is 13.4 Å². The van der Waals surface area contributed by atoms with Crippen molar-refractivity contribution in [1.29, 1.82) is 0 Å². The normalized spacial score (nSPS) is 12.2. The highest BCUT2D eigenvalue weighted by molar-refractivity contribution is 7.20. The van der Waals surface area contributed by atoms with Crippen LogP contribution in [0.15, 0.2) is 48.5 Å². The molecule has 0 fully saturated rings. The monoisotopic (exact) mass is 483 g/mol. The number of amides is 1. The summed E-state index contributed by atoms with van der Waals surface area (Å²) in [7, 11) is 0. The van der Waals surface area contributed by atoms with E-state index >= 15 is 0 Å². The molecule has 4 aromatic rings. The second-order valence-corrected chi connectivity index (χ2v) is 8.81. The smallest absolute Gasteiger partial charge is 0.348 e. The number of nitrogens with zero attached hydrogens (tertiary/aromatic N) is 2. The zero-order valence-corrected chi connectivity index (χ0v) is 19.0. The van der Waals surface area contributed by atoms with E-state index in [1.165, 1.54) is 11.3 Å². The van der Waals surface area contributed by atoms with Crippen LogP contribution in [0.3, 0.4) is 0 Å². The van der Waals surface area contributed by atoms with Gasteiger partial charge in [0.05, 0.1) is 11.4 Å². The van der Waals surface area contributed by atoms with E-state index in [-0.39, 0.29) is 19.9 Å². The second kappa shape index (κ2) is 8.76. The number of halogens is 1. The van der Waals surface area contributed by atoms with Gasteiger partial charge in [0.15, 0.2) is 18.1 Å². The van der Waals surface area contributed by atoms with Crippen LogP contribution in [0.1, 0.15) is 20.9 Å². The van der Waals surface area contributed by atoms with Crippen LogP contribution in [0, 0.1) is 6.92 Å². The maximum atomic E-state index is 12.6. The summed E-state index contributed by atoms with van der Waals surface area (Å²) in [6.45, 7) is 1.96. The van der Waals surface area contributed by atoms with E-state index < -0.39 is 11.9 Å². The number of benzene rings is 2. The molecule has 0 spiro atoms. The Balaban J connectivity index is 1.22. The molecular weight excluding hydrogens is 466 g/mol. The lowest BCUT2D eigenvalue weighted by Gasteiger charge is -2.07. The van der Waals surface area contributed by atoms with Crippen molar-refractivity contribution in [1.82, 2.24) is 15.1 Å². The Hall–Kier alpha value is -3.56. The van der Waals surface area contributed by atoms with Gasteiger partial charge in [0.25, 0.3) is 5.91 Å². The van der Waals surface area contributed by atoms with E-state index in [1.807, 2.05) is 25.1 Å². The number of thiophene rings is 1. The van der Waals surface area contributed by atoms with Crippen molar-refractivity contribution >= 4 is 45.0 Å². The molecule has 0 bridgehead atoms. The highest BCUT2D eigenvalue weighted by Gasteiger charge is 2.19. The molecule has 0 saturated heterocycles. The fourth-order valence-corrected chi connectivity index (χ4v) is 4.70. The Morgan fingerprint density at radius 1 is 1.18 bits per heavy atom. The first-order valence-corrected chi connectivity index (χ1v) is 11.2. The molecular formula is C23H18ClN3O5S. The molecule has 3 heterocycles. The van der Waals surface area contributed by atoms with Crippen molar-refractivity contribution in [3.05, 3.63) is 69.7 Å². The predicted octanol–water partition coefficient (Wildman–Crippen LogP) is 4.25. The quantitative estimate of drug-likeness (QED) is 0.412. The predicted molar refractivity (Wildman–Crippen MR) is 123 cm³/mol. The topological polar surface area (TPSA) is 91.7 Å². The van der Waals surface area contributed by atoms with Crippen LogP contribution in [-0.4, -0.2) is 35.1 Å². The van der Waals surface area contributed by atoms with Gasteiger partial charge in [-0.3, -0.25) is 4.79 Å². The Labute approximate surface area is 197 Å². The van der Waals surface area contributed by atoms with Gasteiger partial charge in [-0.05, 0) is 48.9 Å². The Kier molecular flexibility index (Phi) is 5.65. The van der Waals surface area contributed by atoms with Crippen molar-refractivity contribution in [2.45, 2.75) is 13.5 Å². The summed E-state index contributed by atoms with van der Waals surface area (Å²) in [4.78, 5) is 25.9. The molecule has 5 rings (SSSR count). The number of hydrogen-bond donors (Lipinski definition) is 1. The van der Waals surface area contributed by atoms with Gasteiger partial charge < -0.3 is 19.5 Å². The van der Waals surface area contributed by atoms with Crippen molar-refractivity contribution in [3.63, 3.8) is 0 Å². The number of ether oxygens (including phenoxy) is 3. The van der Waals surface area contributed by atoms with E-state index in [2.05, 4.69) is 10.4 Å². The molecule has 0 atom stereocenters. The number of hydrogen-bond acceptors (Lipinski definition) is 7. The number of fused-ring (bicyclic) bond motifs is 2. The lowest BCUT2D eigenvalue weighted by atomic mass is 10.2. The van der Waals surface area contributed by atoms with Gasteiger partial charge in [-0.2, -0.15) is 5.10 Å². The maximum Gasteiger partial charge on any atom is 0.348 e. The molecule has 2 aromatic carbocycles. The van der Waals surface area contributed by atoms with Crippen LogP contribution in [0.4, 0.5) is 0 Å². The summed E-state index contributed by atoms with van der Waals surface area (Å²) >= 11 is 7.36. The third-order valence-corrected chi connectivity index (χ3v) is 6.39. The average Bonchev–Trinajstić information content (AvgIpc) is 3.52. The summed E-state index contributed by atoms with van der Waals surface area (Å²) in [6.07, 6.45) is 0. The molecule has 33 heavy (non-hydrogen) atoms. The van der Waals surface area contributed by atoms with Crippen LogP contribution in [0.5, 0.6) is 11.5 Å². The third-order valence-electron chi connectivity index (χ3n) is 5.06. The molecule has 8 nitrogen and oxygen atoms in total. The molecule has 10 heteroatoms. The molecule has 0 radical (unpaired) electrons. The van der Waals surface area contributed by atoms with Crippen molar-refractivity contribution in [3.8, 4) is 17.2 Å². The molecule has 1 amide bonds. The van der Waals surface area contributed by atoms with E-state index in [9.17, 15) is 9.59 Å². The second-order valence-electron chi connectivity index (χ2n) is 7.35. The van der Waals surface area contributed by atoms with Gasteiger partial charge in [-0.1, -0.05) is 23.7 Å². The number of nitrogens with one attached hydrogen (secondary N) is 1. The Bertz CT molecular complexity index is 1380. The summed E-state index contributed by atoms with van der Waals surface area (Å²) in [6, 6.07) is 14.5. The largest absolute Gasteiger partial charge is 0.454 e. The molecule has 0 saturated carbocycles. The van der Waals surface area contributed by atoms with Gasteiger partial charge in [0.2, 0.25) is 6.79 Å². The lowest BCUT2D eigenvalue weighted by molar-refractivity contribution is -0.124. The van der Waals surface area contributed by atoms with Crippen LogP contribution in [-0.2, 0) is 16.1 Å². The molecule has 0 unspecified atom stereocenters. The van der Waals surface area contributed by atoms with Gasteiger partial charge >= 0.3 is 5.97 Å². The minimum atomic E-state index is -0.563. The average molecular weight is 484 g/mol. The maximum absolute atomic E-state index is 12.6. The molecule has 1 N–H and O–H groups in total. The highest BCUT2D eigenvalue weighted by Crippen LogP contribution is 2.33. The molecule has 1 aliphatic rings. The first-order chi connectivity index (χ1) is 16.0. The zero-order chi connectivity index (χ0) is 22.9. The summed E-state index contributed by atoms with van der Waals surface area (Å²) < 4.78 is 17.6. The SMILES string of the molecule is Cc1nn(-c2cccc(Cl)c2)c2sc(C(=O)OCC(=O)NCc3ccc4c(c3)OCO4)cc12. The standard InChI is InChI=1S/C23H18ClN3O5S/c1-13-17-9-20(33-22(17)27(26-13)16-4-2-3-15(24)8-16)23(29)30-11-21(28)25-10-14-5-6-18-19(7-14)32-12-31-18/h2-9H,10-12H2,1H3,(H,25,28). The number of carbonyl (C=O) groups excluding carboxylic acids is 2. The molecule has 168 valence electrons. The zero-order valence-electron chi connectivity index (χ0n) is 17.5. The first kappa shape index (κ1) is 21.3. The Morgan fingerprint density at radius 3 is 2.88 bits per heavy atom. The van der Waals surface area contributed by atoms with Crippen LogP contribution in [0.2, 0.25) is 5.02 Å². The van der Waals surface area contributed by atoms with Gasteiger partial charge in [-0.15, -0.1) is 11.3 Å². The number of rotatable bonds is 6. The minimum absolute atomic E-state index is 0.190. The summed E-state index contributed by atoms with van der Waals surface area (Å²) in [5.74, 6) is 0.357. The molecule has 1 aliphatic heterocycles. The van der Waals surface area contributed by atoms with Crippen LogP contribution in [0.25, 0.3) is 15.9 Å². The number of esters is 1. The molecule has 0 aliphatic carbocycles. The fraction of sp³-hybridized carbons (Fsp3) is 0.174. The van der Waals surface area contributed by atoms with E-state index in [1.54, 1.807) is 35.0 Å². The summed E-state index contributed by atoms with van der Waals surface area (Å²) in [5.41, 5.74) is 2.43. The number of aryl methyl sites for hydroxylation is 1. The van der Waals surface area contributed by atoms with E-state index in [0.29, 0.717) is 21.4 Å². The summed E-state index contributed by atoms with van der Waals surface area (Å²) in [5, 5.41) is 8.71. The van der Waals surface area contributed by atoms with Gasteiger partial charge in [0.1, 0.15) is 9.71 Å². The third kappa shape index (κ3) is 4.37. The number of carbonyl (C=O) groups is 2. The minimum Gasteiger partial charge on any atom is -0.454 e. The highest BCUT2D eigenvalue weighted by atomic mass is 35.5. The van der Waals surface area contributed by atoms with Crippen LogP contribution >= 0.6 is 22.9 Å². The van der Waals surface area contributed by atoms with Gasteiger partial charge in [-0.25, -0.2) is 9.48 Å². The number of aromatic nitrogens is 2. The van der Waals surface area contributed by atoms with Gasteiger partial charge in [0, 0.05) is 17.0 Å². The first-order valence-electron chi connectivity index (χ1n) is 10.1. The van der Waals surface area contributed by atoms with E-state index in [0.717, 1.165) is 27.2 Å². The van der Waals surface area contributed by atoms with Crippen molar-refractivity contribution < 1.29 is 23.8 Å². The lowest BCUT2D eigenvalue weighted by Crippen LogP contribution is -2.28. The Morgan fingerprint density at radius 2 is 2.03 bits per heavy atom. The van der Waals surface area contributed by atoms with Crippen molar-refractivity contribution in [2.24, 2.45) is 0 Å². The fourth-order valence-electron chi connectivity index (χ4n) is 3.44. The van der Waals surface area contributed by atoms with Crippen LogP contribution < -0.4 is 14.8 Å². The molecule has 2 aromatic heterocycles.